The number of ether oxygens (including phenoxy) is 2. The molecule has 2 aromatic heterocycles. The molecule has 1 saturated heterocycles. The summed E-state index contributed by atoms with van der Waals surface area (Å²) in [6, 6.07) is 16.5. The van der Waals surface area contributed by atoms with Crippen LogP contribution < -0.4 is 0 Å². The second-order valence-electron chi connectivity index (χ2n) is 12.1. The third kappa shape index (κ3) is 7.88. The summed E-state index contributed by atoms with van der Waals surface area (Å²) >= 11 is 0. The minimum atomic E-state index is -0.203. The Labute approximate surface area is 260 Å². The van der Waals surface area contributed by atoms with Crippen molar-refractivity contribution in [3.63, 3.8) is 0 Å². The van der Waals surface area contributed by atoms with Gasteiger partial charge in [0.2, 0.25) is 0 Å². The molecule has 3 heterocycles. The molecule has 9 heteroatoms. The number of benzene rings is 2. The number of likely N-dealkylation sites (tertiary alicyclic amines) is 1. The zero-order valence-electron chi connectivity index (χ0n) is 26.2. The van der Waals surface area contributed by atoms with Gasteiger partial charge >= 0.3 is 12.1 Å². The van der Waals surface area contributed by atoms with E-state index in [0.717, 1.165) is 54.4 Å². The standard InChI is InChI=1S/C35H45N5O4/c1-27(2)15-21-44-35(42)37-17-12-28(13-18-37)23-40-26-36-22-31(40)25-38(16-7-20-43-3)34(41)39-19-14-30(24-39)33-11-6-9-29-8-4-5-10-32(29)33/h4-6,8-11,14,19,22,24,26-28H,7,12-13,15-18,20-21,23,25H2,1-3H3. The predicted octanol–water partition coefficient (Wildman–Crippen LogP) is 6.91. The number of hydrogen-bond acceptors (Lipinski definition) is 5. The van der Waals surface area contributed by atoms with Crippen LogP contribution in [0.3, 0.4) is 0 Å². The number of aromatic nitrogens is 3. The van der Waals surface area contributed by atoms with Crippen LogP contribution in [0.2, 0.25) is 0 Å². The molecule has 0 N–H and O–H groups in total. The topological polar surface area (TPSA) is 81.8 Å². The molecular formula is C35H45N5O4. The third-order valence-corrected chi connectivity index (χ3v) is 8.46. The second kappa shape index (κ2) is 15.1. The number of rotatable bonds is 12. The van der Waals surface area contributed by atoms with E-state index in [0.29, 0.717) is 51.2 Å². The zero-order chi connectivity index (χ0) is 30.9. The van der Waals surface area contributed by atoms with Gasteiger partial charge in [-0.3, -0.25) is 4.57 Å². The molecule has 1 aliphatic rings. The van der Waals surface area contributed by atoms with Crippen molar-refractivity contribution in [1.29, 1.82) is 0 Å². The second-order valence-corrected chi connectivity index (χ2v) is 12.1. The van der Waals surface area contributed by atoms with Crippen LogP contribution in [0.15, 0.2) is 73.4 Å². The summed E-state index contributed by atoms with van der Waals surface area (Å²) in [5, 5.41) is 2.33. The Kier molecular flexibility index (Phi) is 10.7. The average molecular weight is 600 g/mol. The fourth-order valence-electron chi connectivity index (χ4n) is 5.85. The van der Waals surface area contributed by atoms with Gasteiger partial charge in [-0.1, -0.05) is 56.3 Å². The van der Waals surface area contributed by atoms with Crippen LogP contribution in [0.1, 0.15) is 45.2 Å². The van der Waals surface area contributed by atoms with Crippen LogP contribution in [-0.2, 0) is 22.6 Å². The summed E-state index contributed by atoms with van der Waals surface area (Å²) in [6.45, 7) is 8.52. The first-order chi connectivity index (χ1) is 21.4. The summed E-state index contributed by atoms with van der Waals surface area (Å²) in [7, 11) is 1.68. The van der Waals surface area contributed by atoms with Gasteiger partial charge in [-0.2, -0.15) is 0 Å². The van der Waals surface area contributed by atoms with E-state index < -0.39 is 0 Å². The van der Waals surface area contributed by atoms with Crippen molar-refractivity contribution in [3.8, 4) is 11.1 Å². The van der Waals surface area contributed by atoms with Crippen LogP contribution in [0.5, 0.6) is 0 Å². The Bertz CT molecular complexity index is 1510. The minimum absolute atomic E-state index is 0.0790. The van der Waals surface area contributed by atoms with Crippen molar-refractivity contribution in [2.24, 2.45) is 11.8 Å². The largest absolute Gasteiger partial charge is 0.449 e. The Morgan fingerprint density at radius 1 is 1.05 bits per heavy atom. The maximum atomic E-state index is 13.9. The van der Waals surface area contributed by atoms with Crippen molar-refractivity contribution in [3.05, 3.63) is 79.1 Å². The average Bonchev–Trinajstić information content (AvgIpc) is 3.70. The minimum Gasteiger partial charge on any atom is -0.449 e. The maximum absolute atomic E-state index is 13.9. The van der Waals surface area contributed by atoms with Crippen LogP contribution in [0.25, 0.3) is 21.9 Å². The molecule has 44 heavy (non-hydrogen) atoms. The molecule has 0 saturated carbocycles. The van der Waals surface area contributed by atoms with Gasteiger partial charge < -0.3 is 23.8 Å². The first-order valence-electron chi connectivity index (χ1n) is 15.8. The summed E-state index contributed by atoms with van der Waals surface area (Å²) < 4.78 is 14.6. The van der Waals surface area contributed by atoms with Gasteiger partial charge in [-0.25, -0.2) is 14.6 Å². The number of nitrogens with zero attached hydrogens (tertiary/aromatic N) is 5. The third-order valence-electron chi connectivity index (χ3n) is 8.46. The smallest absolute Gasteiger partial charge is 0.409 e. The van der Waals surface area contributed by atoms with E-state index in [1.165, 1.54) is 5.39 Å². The predicted molar refractivity (Wildman–Crippen MR) is 172 cm³/mol. The monoisotopic (exact) mass is 599 g/mol. The van der Waals surface area contributed by atoms with Crippen molar-refractivity contribution >= 4 is 22.9 Å². The lowest BCUT2D eigenvalue weighted by Crippen LogP contribution is -2.40. The number of methoxy groups -OCH3 is 1. The number of amides is 2. The summed E-state index contributed by atoms with van der Waals surface area (Å²) in [5.41, 5.74) is 3.11. The molecule has 0 atom stereocenters. The van der Waals surface area contributed by atoms with Crippen molar-refractivity contribution in [2.75, 3.05) is 40.0 Å². The summed E-state index contributed by atoms with van der Waals surface area (Å²) in [6.07, 6.45) is 10.7. The molecule has 0 bridgehead atoms. The highest BCUT2D eigenvalue weighted by molar-refractivity contribution is 5.97. The molecule has 2 aromatic carbocycles. The van der Waals surface area contributed by atoms with E-state index in [2.05, 4.69) is 53.7 Å². The van der Waals surface area contributed by atoms with Gasteiger partial charge in [0.1, 0.15) is 0 Å². The lowest BCUT2D eigenvalue weighted by atomic mass is 9.97. The van der Waals surface area contributed by atoms with E-state index in [4.69, 9.17) is 9.47 Å². The molecule has 0 unspecified atom stereocenters. The SMILES string of the molecule is COCCCN(Cc1cncn1CC1CCN(C(=O)OCCC(C)C)CC1)C(=O)n1ccc(-c2cccc3ccccc23)c1. The van der Waals surface area contributed by atoms with Gasteiger partial charge in [0, 0.05) is 64.0 Å². The zero-order valence-corrected chi connectivity index (χ0v) is 26.2. The fourth-order valence-corrected chi connectivity index (χ4v) is 5.85. The highest BCUT2D eigenvalue weighted by atomic mass is 16.6. The highest BCUT2D eigenvalue weighted by Gasteiger charge is 2.25. The Morgan fingerprint density at radius 2 is 1.84 bits per heavy atom. The van der Waals surface area contributed by atoms with E-state index in [9.17, 15) is 9.59 Å². The first-order valence-corrected chi connectivity index (χ1v) is 15.8. The van der Waals surface area contributed by atoms with Gasteiger partial charge in [0.05, 0.1) is 25.2 Å². The van der Waals surface area contributed by atoms with Crippen LogP contribution in [0, 0.1) is 11.8 Å². The summed E-state index contributed by atoms with van der Waals surface area (Å²) in [4.78, 5) is 34.4. The molecular weight excluding hydrogens is 554 g/mol. The number of carbonyl (C=O) groups is 2. The molecule has 2 amide bonds. The highest BCUT2D eigenvalue weighted by Crippen LogP contribution is 2.29. The van der Waals surface area contributed by atoms with Gasteiger partial charge in [0.25, 0.3) is 0 Å². The normalized spacial score (nSPS) is 14.0. The van der Waals surface area contributed by atoms with Crippen molar-refractivity contribution in [1.82, 2.24) is 23.9 Å². The van der Waals surface area contributed by atoms with E-state index in [1.54, 1.807) is 11.7 Å². The molecule has 9 nitrogen and oxygen atoms in total. The quantitative estimate of drug-likeness (QED) is 0.165. The number of piperidine rings is 1. The van der Waals surface area contributed by atoms with Crippen LogP contribution in [0.4, 0.5) is 9.59 Å². The van der Waals surface area contributed by atoms with E-state index in [1.807, 2.05) is 52.9 Å². The molecule has 4 aromatic rings. The molecule has 0 radical (unpaired) electrons. The molecule has 5 rings (SSSR count). The first kappa shape index (κ1) is 31.3. The van der Waals surface area contributed by atoms with Gasteiger partial charge in [-0.05, 0) is 59.9 Å². The Balaban J connectivity index is 1.23. The maximum Gasteiger partial charge on any atom is 0.409 e. The molecule has 1 aliphatic heterocycles. The number of imidazole rings is 1. The van der Waals surface area contributed by atoms with Crippen LogP contribution >= 0.6 is 0 Å². The number of fused-ring (bicyclic) bond motifs is 1. The summed E-state index contributed by atoms with van der Waals surface area (Å²) in [5.74, 6) is 0.938. The van der Waals surface area contributed by atoms with Gasteiger partial charge in [0.15, 0.2) is 0 Å². The fraction of sp³-hybridized carbons (Fsp3) is 0.457. The van der Waals surface area contributed by atoms with Crippen molar-refractivity contribution in [2.45, 2.75) is 52.6 Å². The van der Waals surface area contributed by atoms with Gasteiger partial charge in [-0.15, -0.1) is 0 Å². The molecule has 0 spiro atoms. The van der Waals surface area contributed by atoms with E-state index >= 15 is 0 Å². The lowest BCUT2D eigenvalue weighted by Gasteiger charge is -2.32. The van der Waals surface area contributed by atoms with Crippen molar-refractivity contribution < 1.29 is 19.1 Å². The molecule has 0 aliphatic carbocycles. The number of hydrogen-bond donors (Lipinski definition) is 0. The molecule has 1 fully saturated rings. The van der Waals surface area contributed by atoms with Crippen LogP contribution in [-0.4, -0.2) is 76.0 Å². The lowest BCUT2D eigenvalue weighted by molar-refractivity contribution is 0.0825. The number of carbonyl (C=O) groups excluding carboxylic acids is 2. The Hall–Kier alpha value is -4.11. The Morgan fingerprint density at radius 3 is 2.64 bits per heavy atom. The molecule has 234 valence electrons. The van der Waals surface area contributed by atoms with E-state index in [-0.39, 0.29) is 12.1 Å².